The van der Waals surface area contributed by atoms with E-state index in [1.165, 1.54) is 0 Å². The molecule has 0 radical (unpaired) electrons. The fraction of sp³-hybridized carbons (Fsp3) is 0.105. The predicted octanol–water partition coefficient (Wildman–Crippen LogP) is 4.75. The highest BCUT2D eigenvalue weighted by Crippen LogP contribution is 2.19. The van der Waals surface area contributed by atoms with Gasteiger partial charge in [0.05, 0.1) is 11.4 Å². The largest absolute Gasteiger partial charge is 0.365 e. The van der Waals surface area contributed by atoms with Gasteiger partial charge in [0, 0.05) is 17.6 Å². The van der Waals surface area contributed by atoms with Gasteiger partial charge >= 0.3 is 0 Å². The van der Waals surface area contributed by atoms with Gasteiger partial charge in [-0.3, -0.25) is 4.79 Å². The van der Waals surface area contributed by atoms with E-state index in [1.807, 2.05) is 24.3 Å². The second-order valence-electron chi connectivity index (χ2n) is 5.70. The molecule has 1 heterocycles. The lowest BCUT2D eigenvalue weighted by Gasteiger charge is -2.07. The molecule has 2 N–H and O–H groups in total. The zero-order valence-electron chi connectivity index (χ0n) is 14.5. The highest BCUT2D eigenvalue weighted by molar-refractivity contribution is 7.99. The van der Waals surface area contributed by atoms with Crippen LogP contribution >= 0.6 is 23.4 Å². The van der Waals surface area contributed by atoms with Crippen molar-refractivity contribution in [2.75, 3.05) is 16.4 Å². The second-order valence-corrected chi connectivity index (χ2v) is 7.13. The summed E-state index contributed by atoms with van der Waals surface area (Å²) in [6, 6.07) is 13.8. The molecule has 0 atom stereocenters. The Morgan fingerprint density at radius 2 is 1.82 bits per heavy atom. The van der Waals surface area contributed by atoms with Gasteiger partial charge in [-0.05, 0) is 42.0 Å². The van der Waals surface area contributed by atoms with Gasteiger partial charge in [0.1, 0.15) is 22.5 Å². The van der Waals surface area contributed by atoms with Gasteiger partial charge in [-0.2, -0.15) is 0 Å². The molecule has 0 bridgehead atoms. The van der Waals surface area contributed by atoms with Crippen LogP contribution in [0.3, 0.4) is 0 Å². The summed E-state index contributed by atoms with van der Waals surface area (Å²) in [7, 11) is 0. The van der Waals surface area contributed by atoms with Gasteiger partial charge in [0.25, 0.3) is 0 Å². The maximum atomic E-state index is 13.5. The molecule has 2 aromatic carbocycles. The lowest BCUT2D eigenvalue weighted by Crippen LogP contribution is -2.15. The number of benzene rings is 2. The first-order chi connectivity index (χ1) is 13.5. The molecular formula is C19H15ClF2N4OS. The number of hydrogen-bond acceptors (Lipinski definition) is 5. The average Bonchev–Trinajstić information content (AvgIpc) is 2.69. The molecule has 0 saturated heterocycles. The van der Waals surface area contributed by atoms with Crippen LogP contribution in [-0.4, -0.2) is 21.9 Å². The molecule has 0 aliphatic rings. The van der Waals surface area contributed by atoms with Crippen molar-refractivity contribution in [2.24, 2.45) is 0 Å². The van der Waals surface area contributed by atoms with E-state index >= 15 is 0 Å². The van der Waals surface area contributed by atoms with Gasteiger partial charge in [-0.1, -0.05) is 35.5 Å². The Morgan fingerprint density at radius 3 is 2.54 bits per heavy atom. The molecule has 3 aromatic rings. The van der Waals surface area contributed by atoms with E-state index in [4.69, 9.17) is 11.6 Å². The highest BCUT2D eigenvalue weighted by Gasteiger charge is 2.09. The van der Waals surface area contributed by atoms with E-state index in [0.717, 1.165) is 35.5 Å². The summed E-state index contributed by atoms with van der Waals surface area (Å²) in [6.45, 7) is 0.569. The van der Waals surface area contributed by atoms with Crippen LogP contribution in [0.1, 0.15) is 5.56 Å². The minimum atomic E-state index is -0.698. The van der Waals surface area contributed by atoms with Crippen molar-refractivity contribution < 1.29 is 13.6 Å². The third-order valence-corrected chi connectivity index (χ3v) is 4.75. The predicted molar refractivity (Wildman–Crippen MR) is 107 cm³/mol. The summed E-state index contributed by atoms with van der Waals surface area (Å²) in [6.07, 6.45) is 0. The number of amides is 1. The first kappa shape index (κ1) is 20.0. The summed E-state index contributed by atoms with van der Waals surface area (Å²) in [5.74, 6) is -1.22. The minimum Gasteiger partial charge on any atom is -0.365 e. The number of carbonyl (C=O) groups is 1. The third-order valence-electron chi connectivity index (χ3n) is 3.58. The molecule has 0 unspecified atom stereocenters. The first-order valence-corrected chi connectivity index (χ1v) is 9.56. The SMILES string of the molecule is O=C(CSc1ccc(NCc2ccc(Cl)cc2)nn1)Nc1cc(F)ccc1F. The number of carbonyl (C=O) groups excluding carboxylic acids is 1. The fourth-order valence-corrected chi connectivity index (χ4v) is 2.95. The normalized spacial score (nSPS) is 10.5. The molecule has 0 aliphatic carbocycles. The molecule has 1 amide bonds. The molecule has 5 nitrogen and oxygen atoms in total. The number of nitrogens with one attached hydrogen (secondary N) is 2. The summed E-state index contributed by atoms with van der Waals surface area (Å²) in [5.41, 5.74) is 0.851. The van der Waals surface area contributed by atoms with Crippen LogP contribution in [0.2, 0.25) is 5.02 Å². The Kier molecular flexibility index (Phi) is 6.78. The van der Waals surface area contributed by atoms with Crippen molar-refractivity contribution in [3.63, 3.8) is 0 Å². The standard InChI is InChI=1S/C19H15ClF2N4OS/c20-13-3-1-12(2-4-13)10-23-17-7-8-19(26-25-17)28-11-18(27)24-16-9-14(21)5-6-15(16)22/h1-9H,10-11H2,(H,23,25)(H,24,27). The van der Waals surface area contributed by atoms with E-state index in [1.54, 1.807) is 12.1 Å². The van der Waals surface area contributed by atoms with Gasteiger partial charge in [-0.15, -0.1) is 10.2 Å². The first-order valence-electron chi connectivity index (χ1n) is 8.19. The fourth-order valence-electron chi connectivity index (χ4n) is 2.21. The molecule has 0 spiro atoms. The van der Waals surface area contributed by atoms with Gasteiger partial charge < -0.3 is 10.6 Å². The number of rotatable bonds is 7. The molecule has 9 heteroatoms. The van der Waals surface area contributed by atoms with E-state index in [0.29, 0.717) is 22.4 Å². The summed E-state index contributed by atoms with van der Waals surface area (Å²) < 4.78 is 26.7. The van der Waals surface area contributed by atoms with Crippen LogP contribution in [0.5, 0.6) is 0 Å². The summed E-state index contributed by atoms with van der Waals surface area (Å²) >= 11 is 6.99. The molecule has 28 heavy (non-hydrogen) atoms. The minimum absolute atomic E-state index is 0.0117. The van der Waals surface area contributed by atoms with E-state index in [-0.39, 0.29) is 11.4 Å². The van der Waals surface area contributed by atoms with Crippen LogP contribution in [0.4, 0.5) is 20.3 Å². The quantitative estimate of drug-likeness (QED) is 0.540. The molecule has 144 valence electrons. The van der Waals surface area contributed by atoms with Gasteiger partial charge in [-0.25, -0.2) is 8.78 Å². The Hall–Kier alpha value is -2.71. The summed E-state index contributed by atoms with van der Waals surface area (Å²) in [4.78, 5) is 11.9. The molecule has 0 aliphatic heterocycles. The van der Waals surface area contributed by atoms with Crippen molar-refractivity contribution in [3.05, 3.63) is 76.8 Å². The maximum absolute atomic E-state index is 13.5. The van der Waals surface area contributed by atoms with Crippen molar-refractivity contribution in [2.45, 2.75) is 11.6 Å². The number of hydrogen-bond donors (Lipinski definition) is 2. The van der Waals surface area contributed by atoms with Crippen LogP contribution in [0.15, 0.2) is 59.6 Å². The van der Waals surface area contributed by atoms with Crippen LogP contribution < -0.4 is 10.6 Å². The number of nitrogens with zero attached hydrogens (tertiary/aromatic N) is 2. The Morgan fingerprint density at radius 1 is 1.04 bits per heavy atom. The molecular weight excluding hydrogens is 406 g/mol. The number of thioether (sulfide) groups is 1. The topological polar surface area (TPSA) is 66.9 Å². The molecule has 1 aromatic heterocycles. The highest BCUT2D eigenvalue weighted by atomic mass is 35.5. The Balaban J connectivity index is 1.48. The smallest absolute Gasteiger partial charge is 0.234 e. The maximum Gasteiger partial charge on any atom is 0.234 e. The molecule has 0 fully saturated rings. The van der Waals surface area contributed by atoms with E-state index in [9.17, 15) is 13.6 Å². The third kappa shape index (κ3) is 5.90. The lowest BCUT2D eigenvalue weighted by molar-refractivity contribution is -0.113. The molecule has 3 rings (SSSR count). The van der Waals surface area contributed by atoms with Crippen molar-refractivity contribution in [3.8, 4) is 0 Å². The second kappa shape index (κ2) is 9.48. The Bertz CT molecular complexity index is 955. The Labute approximate surface area is 169 Å². The van der Waals surface area contributed by atoms with Crippen molar-refractivity contribution >= 4 is 40.8 Å². The monoisotopic (exact) mass is 420 g/mol. The lowest BCUT2D eigenvalue weighted by atomic mass is 10.2. The van der Waals surface area contributed by atoms with Crippen molar-refractivity contribution in [1.82, 2.24) is 10.2 Å². The van der Waals surface area contributed by atoms with E-state index < -0.39 is 17.5 Å². The zero-order chi connectivity index (χ0) is 19.9. The van der Waals surface area contributed by atoms with Crippen molar-refractivity contribution in [1.29, 1.82) is 0 Å². The molecule has 0 saturated carbocycles. The number of aromatic nitrogens is 2. The number of halogens is 3. The van der Waals surface area contributed by atoms with Crippen LogP contribution in [0.25, 0.3) is 0 Å². The van der Waals surface area contributed by atoms with Gasteiger partial charge in [0.2, 0.25) is 5.91 Å². The van der Waals surface area contributed by atoms with Crippen LogP contribution in [0, 0.1) is 11.6 Å². The number of anilines is 2. The zero-order valence-corrected chi connectivity index (χ0v) is 16.0. The average molecular weight is 421 g/mol. The van der Waals surface area contributed by atoms with Gasteiger partial charge in [0.15, 0.2) is 0 Å². The van der Waals surface area contributed by atoms with Crippen LogP contribution in [-0.2, 0) is 11.3 Å². The summed E-state index contributed by atoms with van der Waals surface area (Å²) in [5, 5.41) is 14.8. The van der Waals surface area contributed by atoms with E-state index in [2.05, 4.69) is 20.8 Å².